The predicted octanol–water partition coefficient (Wildman–Crippen LogP) is 6.78. The van der Waals surface area contributed by atoms with Crippen molar-refractivity contribution in [2.75, 3.05) is 26.7 Å². The summed E-state index contributed by atoms with van der Waals surface area (Å²) in [6.45, 7) is 17.9. The van der Waals surface area contributed by atoms with E-state index in [-0.39, 0.29) is 0 Å². The standard InChI is InChI=1S/C13H30N.F6P/c1-11(2)8-14(7,9-12(3)4)10-13(5)6;1-7(2,3,4,5)6/h11-13H,8-10H2,1-7H3;/q+1;-1. The Hall–Kier alpha value is -0.0300. The van der Waals surface area contributed by atoms with Gasteiger partial charge in [0.2, 0.25) is 0 Å². The van der Waals surface area contributed by atoms with E-state index in [9.17, 15) is 25.2 Å². The van der Waals surface area contributed by atoms with Crippen LogP contribution in [0.2, 0.25) is 0 Å². The van der Waals surface area contributed by atoms with Crippen molar-refractivity contribution in [3.05, 3.63) is 0 Å². The van der Waals surface area contributed by atoms with Gasteiger partial charge in [-0.15, -0.1) is 0 Å². The Morgan fingerprint density at radius 1 is 0.619 bits per heavy atom. The molecule has 0 aliphatic carbocycles. The predicted molar refractivity (Wildman–Crippen MR) is 78.9 cm³/mol. The molecular formula is C13H30F6NP. The number of nitrogens with zero attached hydrogens (tertiary/aromatic N) is 1. The molecule has 0 aliphatic heterocycles. The Morgan fingerprint density at radius 2 is 0.762 bits per heavy atom. The molecule has 0 saturated carbocycles. The summed E-state index contributed by atoms with van der Waals surface area (Å²) in [5.41, 5.74) is 0. The zero-order chi connectivity index (χ0) is 17.8. The molecule has 1 nitrogen and oxygen atoms in total. The Bertz CT molecular complexity index is 268. The van der Waals surface area contributed by atoms with Crippen LogP contribution in [0.4, 0.5) is 25.2 Å². The molecule has 0 aromatic heterocycles. The fraction of sp³-hybridized carbons (Fsp3) is 1.00. The molecule has 0 aromatic rings. The van der Waals surface area contributed by atoms with E-state index in [0.717, 1.165) is 17.8 Å². The fourth-order valence-electron chi connectivity index (χ4n) is 2.87. The molecule has 0 saturated heterocycles. The van der Waals surface area contributed by atoms with Gasteiger partial charge in [-0.05, 0) is 0 Å². The van der Waals surface area contributed by atoms with Crippen LogP contribution in [0.3, 0.4) is 0 Å². The molecule has 0 radical (unpaired) electrons. The summed E-state index contributed by atoms with van der Waals surface area (Å²) in [6.07, 6.45) is 0. The second kappa shape index (κ2) is 6.61. The summed E-state index contributed by atoms with van der Waals surface area (Å²) in [6, 6.07) is 0. The van der Waals surface area contributed by atoms with Gasteiger partial charge in [0.05, 0.1) is 26.7 Å². The summed E-state index contributed by atoms with van der Waals surface area (Å²) in [4.78, 5) is 0. The van der Waals surface area contributed by atoms with Crippen LogP contribution in [-0.4, -0.2) is 31.2 Å². The first-order valence-electron chi connectivity index (χ1n) is 7.10. The van der Waals surface area contributed by atoms with E-state index in [4.69, 9.17) is 0 Å². The molecule has 134 valence electrons. The van der Waals surface area contributed by atoms with Gasteiger partial charge in [-0.2, -0.15) is 0 Å². The molecule has 0 aliphatic rings. The molecular weight excluding hydrogens is 315 g/mol. The Morgan fingerprint density at radius 3 is 0.857 bits per heavy atom. The SMILES string of the molecule is CC(C)C[N+](C)(CC(C)C)CC(C)C.F[P-](F)(F)(F)(F)F. The van der Waals surface area contributed by atoms with Gasteiger partial charge in [-0.1, -0.05) is 41.5 Å². The van der Waals surface area contributed by atoms with Gasteiger partial charge in [-0.25, -0.2) is 0 Å². The number of hydrogen-bond acceptors (Lipinski definition) is 0. The fourth-order valence-corrected chi connectivity index (χ4v) is 2.87. The Balaban J connectivity index is 0. The first kappa shape index (κ1) is 23.2. The zero-order valence-electron chi connectivity index (χ0n) is 14.0. The summed E-state index contributed by atoms with van der Waals surface area (Å²) >= 11 is 0. The number of rotatable bonds is 6. The molecule has 0 atom stereocenters. The molecule has 21 heavy (non-hydrogen) atoms. The van der Waals surface area contributed by atoms with Crippen molar-refractivity contribution in [3.8, 4) is 0 Å². The van der Waals surface area contributed by atoms with Gasteiger partial charge in [0.25, 0.3) is 0 Å². The van der Waals surface area contributed by atoms with Gasteiger partial charge in [0.1, 0.15) is 0 Å². The topological polar surface area (TPSA) is 0 Å². The van der Waals surface area contributed by atoms with Crippen molar-refractivity contribution >= 4 is 7.81 Å². The third-order valence-electron chi connectivity index (χ3n) is 2.42. The molecule has 8 heteroatoms. The minimum absolute atomic E-state index is 0.803. The third kappa shape index (κ3) is 28.8. The molecule has 0 spiro atoms. The molecule has 0 aromatic carbocycles. The van der Waals surface area contributed by atoms with E-state index in [2.05, 4.69) is 48.6 Å². The second-order valence-electron chi connectivity index (χ2n) is 7.31. The average Bonchev–Trinajstić information content (AvgIpc) is 1.88. The first-order chi connectivity index (χ1) is 8.70. The second-order valence-corrected chi connectivity index (χ2v) is 9.22. The van der Waals surface area contributed by atoms with Crippen LogP contribution in [0, 0.1) is 17.8 Å². The molecule has 0 heterocycles. The van der Waals surface area contributed by atoms with Crippen LogP contribution < -0.4 is 0 Å². The van der Waals surface area contributed by atoms with Gasteiger partial charge < -0.3 is 4.48 Å². The van der Waals surface area contributed by atoms with E-state index < -0.39 is 7.81 Å². The van der Waals surface area contributed by atoms with E-state index in [1.807, 2.05) is 0 Å². The van der Waals surface area contributed by atoms with Crippen LogP contribution in [0.5, 0.6) is 0 Å². The van der Waals surface area contributed by atoms with E-state index >= 15 is 0 Å². The molecule has 0 bridgehead atoms. The van der Waals surface area contributed by atoms with Crippen LogP contribution in [0.15, 0.2) is 0 Å². The number of quaternary nitrogens is 1. The molecule has 0 N–H and O–H groups in total. The van der Waals surface area contributed by atoms with Gasteiger partial charge in [0, 0.05) is 17.8 Å². The van der Waals surface area contributed by atoms with Crippen LogP contribution in [0.25, 0.3) is 0 Å². The number of halogens is 6. The molecule has 0 amide bonds. The van der Waals surface area contributed by atoms with Gasteiger partial charge in [-0.3, -0.25) is 0 Å². The maximum atomic E-state index is 9.87. The van der Waals surface area contributed by atoms with Crippen molar-refractivity contribution in [3.63, 3.8) is 0 Å². The summed E-state index contributed by atoms with van der Waals surface area (Å²) in [5.74, 6) is 2.41. The monoisotopic (exact) mass is 345 g/mol. The maximum absolute atomic E-state index is 10.7. The first-order valence-corrected chi connectivity index (χ1v) is 9.13. The zero-order valence-corrected chi connectivity index (χ0v) is 14.9. The molecule has 0 fully saturated rings. The van der Waals surface area contributed by atoms with E-state index in [0.29, 0.717) is 0 Å². The molecule has 0 rings (SSSR count). The summed E-state index contributed by atoms with van der Waals surface area (Å²) < 4.78 is 60.4. The van der Waals surface area contributed by atoms with Crippen molar-refractivity contribution < 1.29 is 29.7 Å². The summed E-state index contributed by atoms with van der Waals surface area (Å²) in [7, 11) is -8.24. The van der Waals surface area contributed by atoms with Gasteiger partial charge in [0.15, 0.2) is 0 Å². The van der Waals surface area contributed by atoms with Crippen molar-refractivity contribution in [1.29, 1.82) is 0 Å². The van der Waals surface area contributed by atoms with E-state index in [1.54, 1.807) is 0 Å². The van der Waals surface area contributed by atoms with E-state index in [1.165, 1.54) is 24.1 Å². The van der Waals surface area contributed by atoms with Gasteiger partial charge >= 0.3 is 33.0 Å². The number of hydrogen-bond donors (Lipinski definition) is 0. The Labute approximate surface area is 124 Å². The Kier molecular flexibility index (Phi) is 7.32. The van der Waals surface area contributed by atoms with Crippen LogP contribution in [-0.2, 0) is 0 Å². The quantitative estimate of drug-likeness (QED) is 0.283. The molecule has 0 unspecified atom stereocenters. The van der Waals surface area contributed by atoms with Crippen molar-refractivity contribution in [1.82, 2.24) is 0 Å². The van der Waals surface area contributed by atoms with Crippen LogP contribution in [0.1, 0.15) is 41.5 Å². The minimum atomic E-state index is -10.7. The summed E-state index contributed by atoms with van der Waals surface area (Å²) in [5, 5.41) is 0. The van der Waals surface area contributed by atoms with Crippen LogP contribution >= 0.6 is 7.81 Å². The van der Waals surface area contributed by atoms with Crippen molar-refractivity contribution in [2.45, 2.75) is 41.5 Å². The normalized spacial score (nSPS) is 16.6. The van der Waals surface area contributed by atoms with Crippen molar-refractivity contribution in [2.24, 2.45) is 17.8 Å². The third-order valence-corrected chi connectivity index (χ3v) is 2.42. The average molecular weight is 345 g/mol.